The van der Waals surface area contributed by atoms with E-state index in [0.29, 0.717) is 11.4 Å². The summed E-state index contributed by atoms with van der Waals surface area (Å²) in [6.45, 7) is 4.20. The fraction of sp³-hybridized carbons (Fsp3) is 0.625. The molecule has 25 heavy (non-hydrogen) atoms. The van der Waals surface area contributed by atoms with Crippen LogP contribution in [0.1, 0.15) is 19.7 Å². The Labute approximate surface area is 149 Å². The molecule has 0 bridgehead atoms. The lowest BCUT2D eigenvalue weighted by Crippen LogP contribution is -2.64. The van der Waals surface area contributed by atoms with Gasteiger partial charge in [-0.15, -0.1) is 16.4 Å². The summed E-state index contributed by atoms with van der Waals surface area (Å²) < 4.78 is 3.89. The zero-order valence-electron chi connectivity index (χ0n) is 14.2. The second-order valence-electron chi connectivity index (χ2n) is 7.04. The van der Waals surface area contributed by atoms with E-state index in [9.17, 15) is 19.8 Å². The van der Waals surface area contributed by atoms with Crippen LogP contribution in [0.4, 0.5) is 0 Å². The van der Waals surface area contributed by atoms with Crippen molar-refractivity contribution < 1.29 is 24.4 Å². The molecule has 1 aromatic rings. The first-order chi connectivity index (χ1) is 11.8. The number of hydrogen-bond acceptors (Lipinski definition) is 6. The monoisotopic (exact) mass is 364 g/mol. The van der Waals surface area contributed by atoms with E-state index in [1.807, 2.05) is 23.2 Å². The summed E-state index contributed by atoms with van der Waals surface area (Å²) >= 11 is 1.50. The van der Waals surface area contributed by atoms with Crippen molar-refractivity contribution in [3.63, 3.8) is 0 Å². The Morgan fingerprint density at radius 2 is 2.28 bits per heavy atom. The van der Waals surface area contributed by atoms with E-state index in [0.717, 1.165) is 12.2 Å². The Kier molecular flexibility index (Phi) is 3.69. The number of carbonyl (C=O) groups is 2. The molecule has 3 aliphatic rings. The zero-order valence-corrected chi connectivity index (χ0v) is 15.1. The Hall–Kier alpha value is -1.87. The Balaban J connectivity index is 1.60. The first-order valence-electron chi connectivity index (χ1n) is 8.34. The van der Waals surface area contributed by atoms with E-state index in [4.69, 9.17) is 0 Å². The van der Waals surface area contributed by atoms with Crippen LogP contribution in [0.15, 0.2) is 16.9 Å². The molecule has 134 valence electrons. The molecular formula is C16H20N4O4S. The van der Waals surface area contributed by atoms with Crippen molar-refractivity contribution >= 4 is 23.6 Å². The maximum absolute atomic E-state index is 12.3. The second-order valence-corrected chi connectivity index (χ2v) is 8.38. The van der Waals surface area contributed by atoms with Crippen molar-refractivity contribution in [3.8, 4) is 0 Å². The summed E-state index contributed by atoms with van der Waals surface area (Å²) in [5.41, 5.74) is -0.0154. The number of β-lactam (4-membered cyclic amide) rings is 1. The second kappa shape index (κ2) is 5.57. The molecule has 1 amide bonds. The highest BCUT2D eigenvalue weighted by Crippen LogP contribution is 2.51. The molecule has 4 heterocycles. The maximum Gasteiger partial charge on any atom is 0.265 e. The van der Waals surface area contributed by atoms with Crippen LogP contribution in [0, 0.1) is 11.8 Å². The standard InChI is InChI=1S/C16H20N4O4S/c1-7-12-11(8(2)21)15(22)20(12)13(16(23)24)14(7)25-9-4-10-18(3)6-17-19(10)5-9/h6-9,11-12,21H,4-5H2,1-3H3/t7-,8-,9+,11-,12-/m1/s1. The number of nitrogens with zero attached hydrogens (tertiary/aromatic N) is 4. The molecule has 0 spiro atoms. The zero-order chi connectivity index (χ0) is 18.0. The molecule has 9 heteroatoms. The van der Waals surface area contributed by atoms with E-state index in [2.05, 4.69) is 5.10 Å². The van der Waals surface area contributed by atoms with Crippen LogP contribution in [0.25, 0.3) is 0 Å². The molecule has 0 radical (unpaired) electrons. The molecule has 1 aromatic heterocycles. The van der Waals surface area contributed by atoms with Crippen LogP contribution in [0.2, 0.25) is 0 Å². The number of amides is 1. The van der Waals surface area contributed by atoms with Crippen LogP contribution in [-0.2, 0) is 29.6 Å². The van der Waals surface area contributed by atoms with E-state index in [1.54, 1.807) is 13.3 Å². The van der Waals surface area contributed by atoms with E-state index in [1.165, 1.54) is 16.7 Å². The summed E-state index contributed by atoms with van der Waals surface area (Å²) in [6, 6.07) is -0.294. The number of aliphatic hydroxyl groups is 1. The lowest BCUT2D eigenvalue weighted by atomic mass is 9.79. The number of aromatic nitrogens is 3. The van der Waals surface area contributed by atoms with Gasteiger partial charge in [-0.1, -0.05) is 6.92 Å². The number of aliphatic carboxylic acids is 1. The van der Waals surface area contributed by atoms with E-state index < -0.39 is 18.0 Å². The van der Waals surface area contributed by atoms with Gasteiger partial charge in [0.1, 0.15) is 6.54 Å². The third kappa shape index (κ3) is 2.25. The van der Waals surface area contributed by atoms with Crippen molar-refractivity contribution in [1.29, 1.82) is 0 Å². The lowest BCUT2D eigenvalue weighted by molar-refractivity contribution is -0.679. The van der Waals surface area contributed by atoms with Crippen LogP contribution >= 0.6 is 11.8 Å². The maximum atomic E-state index is 12.3. The van der Waals surface area contributed by atoms with Gasteiger partial charge in [0.05, 0.1) is 48.4 Å². The van der Waals surface area contributed by atoms with Gasteiger partial charge in [-0.2, -0.15) is 0 Å². The summed E-state index contributed by atoms with van der Waals surface area (Å²) in [5, 5.41) is 26.1. The molecule has 0 aliphatic carbocycles. The van der Waals surface area contributed by atoms with Crippen LogP contribution in [0.5, 0.6) is 0 Å². The number of aliphatic hydroxyl groups excluding tert-OH is 1. The number of thioether (sulfide) groups is 1. The van der Waals surface area contributed by atoms with Crippen molar-refractivity contribution in [2.75, 3.05) is 0 Å². The van der Waals surface area contributed by atoms with Gasteiger partial charge >= 0.3 is 0 Å². The topological polar surface area (TPSA) is 102 Å². The van der Waals surface area contributed by atoms with Crippen LogP contribution < -0.4 is 9.67 Å². The number of rotatable bonds is 4. The highest BCUT2D eigenvalue weighted by molar-refractivity contribution is 8.03. The van der Waals surface area contributed by atoms with Gasteiger partial charge in [0, 0.05) is 15.9 Å². The van der Waals surface area contributed by atoms with Crippen LogP contribution in [-0.4, -0.2) is 49.1 Å². The van der Waals surface area contributed by atoms with Crippen molar-refractivity contribution in [2.24, 2.45) is 18.9 Å². The summed E-state index contributed by atoms with van der Waals surface area (Å²) in [4.78, 5) is 26.0. The predicted octanol–water partition coefficient (Wildman–Crippen LogP) is -1.82. The molecule has 3 aliphatic heterocycles. The first-order valence-corrected chi connectivity index (χ1v) is 9.22. The number of carbonyl (C=O) groups excluding carboxylic acids is 2. The van der Waals surface area contributed by atoms with Gasteiger partial charge in [-0.05, 0) is 6.92 Å². The van der Waals surface area contributed by atoms with Gasteiger partial charge in [-0.3, -0.25) is 4.79 Å². The molecule has 5 atom stereocenters. The minimum absolute atomic E-state index is 0.0154. The van der Waals surface area contributed by atoms with Gasteiger partial charge < -0.3 is 19.9 Å². The molecule has 0 aromatic carbocycles. The lowest BCUT2D eigenvalue weighted by Gasteiger charge is -2.47. The number of carboxylic acid groups (broad SMARTS) is 1. The highest BCUT2D eigenvalue weighted by Gasteiger charge is 2.59. The molecule has 0 saturated carbocycles. The van der Waals surface area contributed by atoms with Gasteiger partial charge in [-0.25, -0.2) is 4.57 Å². The predicted molar refractivity (Wildman–Crippen MR) is 85.5 cm³/mol. The third-order valence-corrected chi connectivity index (χ3v) is 6.92. The number of carboxylic acids is 1. The molecular weight excluding hydrogens is 344 g/mol. The fourth-order valence-electron chi connectivity index (χ4n) is 4.25. The Bertz CT molecular complexity index is 802. The average molecular weight is 364 g/mol. The Morgan fingerprint density at radius 1 is 1.56 bits per heavy atom. The highest BCUT2D eigenvalue weighted by atomic mass is 32.2. The third-order valence-electron chi connectivity index (χ3n) is 5.45. The number of hydrogen-bond donors (Lipinski definition) is 1. The average Bonchev–Trinajstić information content (AvgIpc) is 3.14. The Morgan fingerprint density at radius 3 is 2.88 bits per heavy atom. The number of aryl methyl sites for hydroxylation is 1. The first kappa shape index (κ1) is 16.6. The minimum atomic E-state index is -1.32. The molecule has 1 fully saturated rings. The van der Waals surface area contributed by atoms with E-state index >= 15 is 0 Å². The molecule has 0 unspecified atom stereocenters. The normalized spacial score (nSPS) is 31.8. The van der Waals surface area contributed by atoms with Crippen molar-refractivity contribution in [2.45, 2.75) is 44.2 Å². The molecule has 8 nitrogen and oxygen atoms in total. The molecule has 1 N–H and O–H groups in total. The fourth-order valence-corrected chi connectivity index (χ4v) is 5.70. The SMILES string of the molecule is C[C@@H](O)[C@H]1C(=O)N2C(C(=O)[O-])=C(S[C@H]3Cc4n(nc[n+]4C)C3)[C@H](C)[C@H]12. The minimum Gasteiger partial charge on any atom is -0.543 e. The smallest absolute Gasteiger partial charge is 0.265 e. The van der Waals surface area contributed by atoms with Crippen LogP contribution in [0.3, 0.4) is 0 Å². The van der Waals surface area contributed by atoms with Gasteiger partial charge in [0.15, 0.2) is 0 Å². The quantitative estimate of drug-likeness (QED) is 0.499. The van der Waals surface area contributed by atoms with Crippen molar-refractivity contribution in [3.05, 3.63) is 22.8 Å². The summed E-state index contributed by atoms with van der Waals surface area (Å²) in [6.07, 6.45) is 1.76. The van der Waals surface area contributed by atoms with Gasteiger partial charge in [0.2, 0.25) is 11.7 Å². The number of fused-ring (bicyclic) bond motifs is 2. The molecule has 1 saturated heterocycles. The van der Waals surface area contributed by atoms with Gasteiger partial charge in [0.25, 0.3) is 6.33 Å². The van der Waals surface area contributed by atoms with E-state index in [-0.39, 0.29) is 28.8 Å². The van der Waals surface area contributed by atoms with Crippen molar-refractivity contribution in [1.82, 2.24) is 14.7 Å². The molecule has 4 rings (SSSR count). The summed E-state index contributed by atoms with van der Waals surface area (Å²) in [5.74, 6) is -1.22. The largest absolute Gasteiger partial charge is 0.543 e. The summed E-state index contributed by atoms with van der Waals surface area (Å²) in [7, 11) is 1.94.